The van der Waals surface area contributed by atoms with Crippen LogP contribution in [-0.4, -0.2) is 81.2 Å². The molecule has 9 rings (SSSR count). The Kier molecular flexibility index (Phi) is 6.21. The first-order valence-corrected chi connectivity index (χ1v) is 16.1. The van der Waals surface area contributed by atoms with Gasteiger partial charge in [-0.3, -0.25) is 9.58 Å². The van der Waals surface area contributed by atoms with Crippen LogP contribution in [0.1, 0.15) is 31.2 Å². The number of halogens is 3. The first-order chi connectivity index (χ1) is 22.7. The fraction of sp³-hybridized carbons (Fsp3) is 0.400. The van der Waals surface area contributed by atoms with Crippen molar-refractivity contribution in [2.45, 2.75) is 49.5 Å². The number of ether oxygens (including phenoxy) is 1. The molecule has 3 N–H and O–H groups in total. The molecular formula is C35H33F3N8O. The monoisotopic (exact) mass is 638 g/mol. The number of nitrogens with one attached hydrogen (secondary N) is 1. The highest BCUT2D eigenvalue weighted by Crippen LogP contribution is 2.46. The second-order valence-corrected chi connectivity index (χ2v) is 13.6. The Balaban J connectivity index is 1.30. The fourth-order valence-electron chi connectivity index (χ4n) is 8.70. The average Bonchev–Trinajstić information content (AvgIpc) is 3.87. The van der Waals surface area contributed by atoms with Gasteiger partial charge in [-0.05, 0) is 55.0 Å². The second kappa shape index (κ2) is 10.2. The smallest absolute Gasteiger partial charge is 0.319 e. The number of hydrogen-bond donors (Lipinski definition) is 2. The number of hydrogen-bond acceptors (Lipinski definition) is 8. The molecule has 0 saturated carbocycles. The topological polar surface area (TPSA) is 97.4 Å². The summed E-state index contributed by atoms with van der Waals surface area (Å²) in [5.41, 5.74) is 7.14. The Labute approximate surface area is 268 Å². The van der Waals surface area contributed by atoms with Crippen LogP contribution in [0.2, 0.25) is 0 Å². The van der Waals surface area contributed by atoms with Crippen molar-refractivity contribution in [3.05, 3.63) is 47.7 Å². The molecule has 0 amide bonds. The second-order valence-electron chi connectivity index (χ2n) is 13.6. The number of aryl methyl sites for hydroxylation is 1. The van der Waals surface area contributed by atoms with Crippen molar-refractivity contribution >= 4 is 44.1 Å². The van der Waals surface area contributed by atoms with Gasteiger partial charge in [-0.1, -0.05) is 12.0 Å². The number of anilines is 2. The molecule has 4 aliphatic heterocycles. The van der Waals surface area contributed by atoms with Gasteiger partial charge in [0.15, 0.2) is 5.82 Å². The predicted octanol–water partition coefficient (Wildman–Crippen LogP) is 4.68. The normalized spacial score (nSPS) is 25.4. The summed E-state index contributed by atoms with van der Waals surface area (Å²) >= 11 is 0. The summed E-state index contributed by atoms with van der Waals surface area (Å²) in [5, 5.41) is 10.3. The van der Waals surface area contributed by atoms with E-state index >= 15 is 8.78 Å². The van der Waals surface area contributed by atoms with E-state index in [0.29, 0.717) is 69.7 Å². The lowest BCUT2D eigenvalue weighted by Crippen LogP contribution is -2.44. The maximum atomic E-state index is 17.5. The van der Waals surface area contributed by atoms with Gasteiger partial charge in [0.2, 0.25) is 0 Å². The summed E-state index contributed by atoms with van der Waals surface area (Å²) in [5.74, 6) is 1.78. The number of terminal acetylenes is 1. The summed E-state index contributed by atoms with van der Waals surface area (Å²) in [7, 11) is 1.77. The van der Waals surface area contributed by atoms with E-state index in [1.54, 1.807) is 29.9 Å². The van der Waals surface area contributed by atoms with Gasteiger partial charge >= 0.3 is 6.01 Å². The van der Waals surface area contributed by atoms with E-state index < -0.39 is 23.3 Å². The Hall–Kier alpha value is -4.60. The molecule has 4 atom stereocenters. The van der Waals surface area contributed by atoms with Gasteiger partial charge in [0.05, 0.1) is 16.5 Å². The summed E-state index contributed by atoms with van der Waals surface area (Å²) in [6.07, 6.45) is 9.85. The molecule has 47 heavy (non-hydrogen) atoms. The Morgan fingerprint density at radius 1 is 1.17 bits per heavy atom. The lowest BCUT2D eigenvalue weighted by molar-refractivity contribution is 0.107. The number of nitrogens with zero attached hydrogens (tertiary/aromatic N) is 6. The summed E-state index contributed by atoms with van der Waals surface area (Å²) in [6.45, 7) is 2.91. The molecule has 4 saturated heterocycles. The Bertz CT molecular complexity index is 2180. The summed E-state index contributed by atoms with van der Waals surface area (Å²) < 4.78 is 55.1. The van der Waals surface area contributed by atoms with Gasteiger partial charge in [0.25, 0.3) is 0 Å². The zero-order chi connectivity index (χ0) is 32.2. The van der Waals surface area contributed by atoms with Crippen LogP contribution in [0.25, 0.3) is 43.7 Å². The largest absolute Gasteiger partial charge is 0.461 e. The third-order valence-corrected chi connectivity index (χ3v) is 10.7. The number of aromatic nitrogens is 4. The third-order valence-electron chi connectivity index (χ3n) is 10.7. The number of fused-ring (bicyclic) bond motifs is 7. The van der Waals surface area contributed by atoms with E-state index in [2.05, 4.69) is 21.0 Å². The van der Waals surface area contributed by atoms with Gasteiger partial charge < -0.3 is 20.7 Å². The van der Waals surface area contributed by atoms with Crippen LogP contribution in [0.3, 0.4) is 0 Å². The maximum absolute atomic E-state index is 17.5. The van der Waals surface area contributed by atoms with Crippen molar-refractivity contribution in [3.8, 4) is 29.5 Å². The van der Waals surface area contributed by atoms with Crippen molar-refractivity contribution in [2.75, 3.05) is 43.4 Å². The number of rotatable bonds is 5. The highest BCUT2D eigenvalue weighted by Gasteiger charge is 2.49. The van der Waals surface area contributed by atoms with Crippen LogP contribution >= 0.6 is 0 Å². The lowest BCUT2D eigenvalue weighted by atomic mass is 9.91. The lowest BCUT2D eigenvalue weighted by Gasteiger charge is -2.32. The molecule has 3 aromatic carbocycles. The minimum atomic E-state index is -0.913. The van der Waals surface area contributed by atoms with E-state index in [4.69, 9.17) is 32.0 Å². The molecule has 2 aromatic heterocycles. The van der Waals surface area contributed by atoms with Crippen molar-refractivity contribution < 1.29 is 17.9 Å². The van der Waals surface area contributed by atoms with Crippen LogP contribution in [-0.2, 0) is 7.05 Å². The highest BCUT2D eigenvalue weighted by atomic mass is 19.1. The standard InChI is InChI=1S/C35H33F3N8O/c1-3-23-26(37)6-5-18-9-20(39)10-24(27(18)23)28-30(38)32-29(25-16-44(2)43-31(25)28)33(46-15-21-11-22(46)13-40-21)42-34(41-32)47-17-35-7-4-8-45(35)14-19(36)12-35/h1,5-6,9-10,16,19,21-22,40H,4,7-8,11-15,17,39H2,2H3/t19-,21-,22-,35+/m1/s1. The maximum Gasteiger partial charge on any atom is 0.319 e. The van der Waals surface area contributed by atoms with Crippen LogP contribution in [0.15, 0.2) is 30.5 Å². The summed E-state index contributed by atoms with van der Waals surface area (Å²) in [4.78, 5) is 14.0. The third kappa shape index (κ3) is 4.22. The van der Waals surface area contributed by atoms with Crippen molar-refractivity contribution in [1.82, 2.24) is 30.0 Å². The average molecular weight is 639 g/mol. The van der Waals surface area contributed by atoms with E-state index in [1.807, 2.05) is 6.20 Å². The number of benzene rings is 3. The fourth-order valence-corrected chi connectivity index (χ4v) is 8.70. The van der Waals surface area contributed by atoms with E-state index in [-0.39, 0.29) is 35.3 Å². The molecule has 0 unspecified atom stereocenters. The molecule has 0 spiro atoms. The summed E-state index contributed by atoms with van der Waals surface area (Å²) in [6, 6.07) is 6.66. The SMILES string of the molecule is C#Cc1c(F)ccc2cc(N)cc(-c3c(F)c4nc(OC[C@@]56CCCN5C[C@H](F)C6)nc(N5C[C@H]6C[C@@H]5CN6)c4c4cn(C)nc34)c12. The van der Waals surface area contributed by atoms with Crippen molar-refractivity contribution in [1.29, 1.82) is 0 Å². The van der Waals surface area contributed by atoms with E-state index in [9.17, 15) is 4.39 Å². The van der Waals surface area contributed by atoms with Gasteiger partial charge in [-0.15, -0.1) is 6.42 Å². The molecule has 4 aliphatic rings. The van der Waals surface area contributed by atoms with Gasteiger partial charge in [0.1, 0.15) is 35.4 Å². The van der Waals surface area contributed by atoms with Gasteiger partial charge in [0, 0.05) is 73.4 Å². The Morgan fingerprint density at radius 2 is 2.04 bits per heavy atom. The molecule has 12 heteroatoms. The number of nitrogens with two attached hydrogens (primary N) is 1. The molecule has 6 heterocycles. The zero-order valence-electron chi connectivity index (χ0n) is 25.9. The van der Waals surface area contributed by atoms with E-state index in [0.717, 1.165) is 32.4 Å². The minimum Gasteiger partial charge on any atom is -0.461 e. The number of nitrogen functional groups attached to an aromatic ring is 1. The minimum absolute atomic E-state index is 0.0113. The zero-order valence-corrected chi connectivity index (χ0v) is 25.9. The molecule has 0 radical (unpaired) electrons. The van der Waals surface area contributed by atoms with Crippen LogP contribution in [0, 0.1) is 24.0 Å². The first kappa shape index (κ1) is 28.6. The highest BCUT2D eigenvalue weighted by molar-refractivity contribution is 6.18. The molecule has 0 aliphatic carbocycles. The molecular weight excluding hydrogens is 605 g/mol. The number of piperazine rings is 1. The molecule has 2 bridgehead atoms. The number of alkyl halides is 1. The van der Waals surface area contributed by atoms with E-state index in [1.165, 1.54) is 6.07 Å². The molecule has 5 aromatic rings. The van der Waals surface area contributed by atoms with Crippen LogP contribution in [0.5, 0.6) is 6.01 Å². The van der Waals surface area contributed by atoms with Crippen LogP contribution < -0.4 is 20.7 Å². The van der Waals surface area contributed by atoms with Crippen molar-refractivity contribution in [3.63, 3.8) is 0 Å². The predicted molar refractivity (Wildman–Crippen MR) is 175 cm³/mol. The first-order valence-electron chi connectivity index (χ1n) is 16.1. The Morgan fingerprint density at radius 3 is 2.83 bits per heavy atom. The molecule has 9 nitrogen and oxygen atoms in total. The quantitative estimate of drug-likeness (QED) is 0.212. The molecule has 4 fully saturated rings. The molecule has 240 valence electrons. The van der Waals surface area contributed by atoms with Crippen molar-refractivity contribution in [2.24, 2.45) is 7.05 Å². The van der Waals surface area contributed by atoms with Gasteiger partial charge in [-0.2, -0.15) is 15.1 Å². The van der Waals surface area contributed by atoms with Gasteiger partial charge in [-0.25, -0.2) is 13.2 Å². The van der Waals surface area contributed by atoms with Crippen LogP contribution in [0.4, 0.5) is 24.7 Å².